The van der Waals surface area contributed by atoms with Gasteiger partial charge in [0.05, 0.1) is 22.4 Å². The van der Waals surface area contributed by atoms with Crippen molar-refractivity contribution in [3.8, 4) is 0 Å². The molecule has 0 atom stereocenters. The summed E-state index contributed by atoms with van der Waals surface area (Å²) < 4.78 is 40.2. The van der Waals surface area contributed by atoms with Crippen molar-refractivity contribution < 1.29 is 37.8 Å². The molecule has 3 rings (SSSR count). The third-order valence-electron chi connectivity index (χ3n) is 4.25. The first-order chi connectivity index (χ1) is 14.0. The maximum Gasteiger partial charge on any atom is 0.417 e. The Morgan fingerprint density at radius 3 is 2.17 bits per heavy atom. The van der Waals surface area contributed by atoms with Gasteiger partial charge in [0, 0.05) is 11.9 Å². The number of nitrogens with one attached hydrogen (secondary N) is 1. The molecule has 0 spiro atoms. The van der Waals surface area contributed by atoms with Crippen LogP contribution >= 0.6 is 0 Å². The molecule has 3 N–H and O–H groups in total. The number of pyridine rings is 1. The van der Waals surface area contributed by atoms with Crippen LogP contribution in [0.25, 0.3) is 5.65 Å². The number of carbonyl (C=O) groups excluding carboxylic acids is 1. The summed E-state index contributed by atoms with van der Waals surface area (Å²) in [5.74, 6) is -3.68. The Labute approximate surface area is 166 Å². The lowest BCUT2D eigenvalue weighted by Crippen LogP contribution is -2.18. The molecule has 0 aliphatic carbocycles. The van der Waals surface area contributed by atoms with E-state index in [1.54, 1.807) is 6.92 Å². The number of hydrogen-bond acceptors (Lipinski definition) is 4. The average molecular weight is 421 g/mol. The van der Waals surface area contributed by atoms with E-state index >= 15 is 0 Å². The highest BCUT2D eigenvalue weighted by Crippen LogP contribution is 2.30. The van der Waals surface area contributed by atoms with Crippen LogP contribution in [-0.4, -0.2) is 37.4 Å². The molecule has 2 aromatic heterocycles. The van der Waals surface area contributed by atoms with Crippen LogP contribution < -0.4 is 5.32 Å². The van der Waals surface area contributed by atoms with Gasteiger partial charge in [-0.3, -0.25) is 9.20 Å². The molecule has 0 unspecified atom stereocenters. The minimum Gasteiger partial charge on any atom is -0.478 e. The van der Waals surface area contributed by atoms with E-state index in [1.165, 1.54) is 0 Å². The van der Waals surface area contributed by atoms with E-state index in [2.05, 4.69) is 10.3 Å². The van der Waals surface area contributed by atoms with Gasteiger partial charge in [0.25, 0.3) is 5.91 Å². The number of nitrogens with zero attached hydrogens (tertiary/aromatic N) is 2. The van der Waals surface area contributed by atoms with Gasteiger partial charge in [0.15, 0.2) is 0 Å². The van der Waals surface area contributed by atoms with Gasteiger partial charge in [-0.1, -0.05) is 6.92 Å². The molecule has 0 saturated carbocycles. The topological polar surface area (TPSA) is 121 Å². The van der Waals surface area contributed by atoms with E-state index in [1.807, 2.05) is 0 Å². The van der Waals surface area contributed by atoms with E-state index in [0.29, 0.717) is 0 Å². The van der Waals surface area contributed by atoms with Crippen LogP contribution in [0.1, 0.15) is 49.4 Å². The molecule has 156 valence electrons. The number of carbonyl (C=O) groups is 3. The molecule has 11 heteroatoms. The Balaban J connectivity index is 2.09. The van der Waals surface area contributed by atoms with Crippen molar-refractivity contribution in [1.82, 2.24) is 9.38 Å². The second kappa shape index (κ2) is 7.50. The molecule has 0 aliphatic rings. The number of carboxylic acid groups (broad SMARTS) is 2. The lowest BCUT2D eigenvalue weighted by Gasteiger charge is -2.10. The fourth-order valence-corrected chi connectivity index (χ4v) is 2.89. The summed E-state index contributed by atoms with van der Waals surface area (Å²) >= 11 is 0. The van der Waals surface area contributed by atoms with E-state index in [0.717, 1.165) is 40.9 Å². The number of aromatic carboxylic acids is 2. The number of halogens is 3. The molecule has 2 heterocycles. The number of alkyl halides is 3. The van der Waals surface area contributed by atoms with Gasteiger partial charge in [-0.05, 0) is 36.8 Å². The van der Waals surface area contributed by atoms with Crippen molar-refractivity contribution in [2.45, 2.75) is 19.5 Å². The van der Waals surface area contributed by atoms with E-state index in [4.69, 9.17) is 10.2 Å². The largest absolute Gasteiger partial charge is 0.478 e. The Hall–Kier alpha value is -3.89. The molecule has 8 nitrogen and oxygen atoms in total. The maximum absolute atomic E-state index is 13.1. The summed E-state index contributed by atoms with van der Waals surface area (Å²) in [4.78, 5) is 39.4. The molecular formula is C19H14F3N3O5. The van der Waals surface area contributed by atoms with Crippen LogP contribution in [0.4, 0.5) is 18.9 Å². The van der Waals surface area contributed by atoms with Crippen LogP contribution in [0.5, 0.6) is 0 Å². The van der Waals surface area contributed by atoms with Crippen LogP contribution in [0.3, 0.4) is 0 Å². The molecule has 1 amide bonds. The summed E-state index contributed by atoms with van der Waals surface area (Å²) in [6.07, 6.45) is -3.65. The van der Waals surface area contributed by atoms with E-state index < -0.39 is 29.6 Å². The Morgan fingerprint density at radius 1 is 1.07 bits per heavy atom. The molecule has 0 bridgehead atoms. The summed E-state index contributed by atoms with van der Waals surface area (Å²) in [5.41, 5.74) is -1.70. The number of benzene rings is 1. The number of hydrogen-bond donors (Lipinski definition) is 3. The quantitative estimate of drug-likeness (QED) is 0.579. The van der Waals surface area contributed by atoms with Gasteiger partial charge in [0.2, 0.25) is 0 Å². The van der Waals surface area contributed by atoms with Crippen molar-refractivity contribution >= 4 is 29.2 Å². The zero-order valence-electron chi connectivity index (χ0n) is 15.3. The first kappa shape index (κ1) is 20.8. The molecule has 0 fully saturated rings. The predicted molar refractivity (Wildman–Crippen MR) is 97.9 cm³/mol. The van der Waals surface area contributed by atoms with Crippen molar-refractivity contribution in [1.29, 1.82) is 0 Å². The Bertz CT molecular complexity index is 1150. The number of fused-ring (bicyclic) bond motifs is 1. The number of rotatable bonds is 5. The lowest BCUT2D eigenvalue weighted by atomic mass is 10.1. The van der Waals surface area contributed by atoms with Crippen LogP contribution in [0.15, 0.2) is 36.5 Å². The molecule has 1 aromatic carbocycles. The van der Waals surface area contributed by atoms with E-state index in [9.17, 15) is 27.6 Å². The SMILES string of the molecule is CCc1nc2ccc(C(F)(F)F)cn2c1C(=O)Nc1cc(C(=O)O)cc(C(=O)O)c1. The zero-order chi connectivity index (χ0) is 22.2. The lowest BCUT2D eigenvalue weighted by molar-refractivity contribution is -0.137. The number of imidazole rings is 1. The molecule has 3 aromatic rings. The number of anilines is 1. The smallest absolute Gasteiger partial charge is 0.417 e. The van der Waals surface area contributed by atoms with Crippen LogP contribution in [0, 0.1) is 0 Å². The highest BCUT2D eigenvalue weighted by atomic mass is 19.4. The molecule has 0 aliphatic heterocycles. The monoisotopic (exact) mass is 421 g/mol. The average Bonchev–Trinajstić information content (AvgIpc) is 3.04. The zero-order valence-corrected chi connectivity index (χ0v) is 15.3. The number of aromatic nitrogens is 2. The van der Waals surface area contributed by atoms with Gasteiger partial charge in [0.1, 0.15) is 11.3 Å². The van der Waals surface area contributed by atoms with Gasteiger partial charge < -0.3 is 15.5 Å². The van der Waals surface area contributed by atoms with Crippen LogP contribution in [-0.2, 0) is 12.6 Å². The van der Waals surface area contributed by atoms with Crippen molar-refractivity contribution in [3.05, 3.63) is 64.6 Å². The van der Waals surface area contributed by atoms with Crippen LogP contribution in [0.2, 0.25) is 0 Å². The maximum atomic E-state index is 13.1. The first-order valence-electron chi connectivity index (χ1n) is 8.52. The Morgan fingerprint density at radius 2 is 1.67 bits per heavy atom. The predicted octanol–water partition coefficient (Wildman–Crippen LogP) is 3.56. The summed E-state index contributed by atoms with van der Waals surface area (Å²) in [5, 5.41) is 20.6. The minimum atomic E-state index is -4.63. The highest BCUT2D eigenvalue weighted by molar-refractivity contribution is 6.06. The summed E-state index contributed by atoms with van der Waals surface area (Å²) in [6.45, 7) is 1.66. The minimum absolute atomic E-state index is 0.121. The second-order valence-electron chi connectivity index (χ2n) is 6.27. The first-order valence-corrected chi connectivity index (χ1v) is 8.52. The molecule has 30 heavy (non-hydrogen) atoms. The highest BCUT2D eigenvalue weighted by Gasteiger charge is 2.32. The number of amides is 1. The van der Waals surface area contributed by atoms with Gasteiger partial charge in [-0.25, -0.2) is 14.6 Å². The van der Waals surface area contributed by atoms with Gasteiger partial charge in [-0.15, -0.1) is 0 Å². The van der Waals surface area contributed by atoms with E-state index in [-0.39, 0.29) is 40.3 Å². The third kappa shape index (κ3) is 3.95. The Kier molecular flexibility index (Phi) is 5.21. The standard InChI is InChI=1S/C19H14F3N3O5/c1-2-13-15(25-8-11(19(20,21)22)3-4-14(25)24-13)16(26)23-12-6-9(17(27)28)5-10(7-12)18(29)30/h3-8H,2H2,1H3,(H,23,26)(H,27,28)(H,29,30). The number of carboxylic acids is 2. The summed E-state index contributed by atoms with van der Waals surface area (Å²) in [6, 6.07) is 4.98. The summed E-state index contributed by atoms with van der Waals surface area (Å²) in [7, 11) is 0. The van der Waals surface area contributed by atoms with Gasteiger partial charge in [-0.2, -0.15) is 13.2 Å². The molecule has 0 radical (unpaired) electrons. The molecule has 0 saturated heterocycles. The van der Waals surface area contributed by atoms with Gasteiger partial charge >= 0.3 is 18.1 Å². The number of aryl methyl sites for hydroxylation is 1. The normalized spacial score (nSPS) is 11.5. The molecular weight excluding hydrogens is 407 g/mol. The second-order valence-corrected chi connectivity index (χ2v) is 6.27. The van der Waals surface area contributed by atoms with Crippen molar-refractivity contribution in [2.75, 3.05) is 5.32 Å². The third-order valence-corrected chi connectivity index (χ3v) is 4.25. The fraction of sp³-hybridized carbons (Fsp3) is 0.158. The van der Waals surface area contributed by atoms with Crippen molar-refractivity contribution in [3.63, 3.8) is 0 Å². The van der Waals surface area contributed by atoms with Crippen molar-refractivity contribution in [2.24, 2.45) is 0 Å². The fourth-order valence-electron chi connectivity index (χ4n) is 2.89.